The molecule has 0 fully saturated rings. The van der Waals surface area contributed by atoms with Crippen LogP contribution in [0.15, 0.2) is 28.7 Å². The van der Waals surface area contributed by atoms with Crippen molar-refractivity contribution in [1.82, 2.24) is 0 Å². The lowest BCUT2D eigenvalue weighted by molar-refractivity contribution is -0.119. The molecule has 0 heterocycles. The van der Waals surface area contributed by atoms with Crippen LogP contribution in [-0.2, 0) is 4.79 Å². The Morgan fingerprint density at radius 1 is 1.53 bits per heavy atom. The van der Waals surface area contributed by atoms with E-state index in [1.54, 1.807) is 0 Å². The molecular weight excluding hydrogens is 256 g/mol. The van der Waals surface area contributed by atoms with Crippen LogP contribution in [0.1, 0.15) is 13.3 Å². The van der Waals surface area contributed by atoms with Crippen LogP contribution < -0.4 is 11.1 Å². The summed E-state index contributed by atoms with van der Waals surface area (Å²) in [6.07, 6.45) is 0.705. The number of carbonyl (C=O) groups is 1. The summed E-state index contributed by atoms with van der Waals surface area (Å²) in [5.74, 6) is -0.0468. The quantitative estimate of drug-likeness (QED) is 0.883. The number of rotatable bonds is 4. The molecule has 1 rings (SSSR count). The van der Waals surface area contributed by atoms with Crippen LogP contribution in [-0.4, -0.2) is 12.5 Å². The summed E-state index contributed by atoms with van der Waals surface area (Å²) in [4.78, 5) is 11.7. The number of amides is 1. The second kappa shape index (κ2) is 5.88. The molecule has 1 aromatic rings. The van der Waals surface area contributed by atoms with E-state index < -0.39 is 0 Å². The molecule has 3 N–H and O–H groups in total. The molecule has 0 aromatic heterocycles. The molecule has 0 saturated heterocycles. The minimum absolute atomic E-state index is 0.00681. The maximum atomic E-state index is 11.7. The molecule has 3 nitrogen and oxygen atoms in total. The zero-order valence-electron chi connectivity index (χ0n) is 8.66. The standard InChI is InChI=1S/C11H15BrN2O/c1-8(6-7-13)11(15)14-10-5-3-2-4-9(10)12/h2-5,8H,6-7,13H2,1H3,(H,14,15). The Bertz CT molecular complexity index is 341. The van der Waals surface area contributed by atoms with Crippen LogP contribution in [0.4, 0.5) is 5.69 Å². The number of anilines is 1. The van der Waals surface area contributed by atoms with E-state index in [2.05, 4.69) is 21.2 Å². The molecule has 0 spiro atoms. The number of carbonyl (C=O) groups excluding carboxylic acids is 1. The number of halogens is 1. The van der Waals surface area contributed by atoms with Crippen molar-refractivity contribution >= 4 is 27.5 Å². The minimum Gasteiger partial charge on any atom is -0.330 e. The van der Waals surface area contributed by atoms with E-state index in [0.717, 1.165) is 10.2 Å². The Hall–Kier alpha value is -0.870. The van der Waals surface area contributed by atoms with Gasteiger partial charge in [-0.25, -0.2) is 0 Å². The van der Waals surface area contributed by atoms with Crippen molar-refractivity contribution < 1.29 is 4.79 Å². The molecule has 0 radical (unpaired) electrons. The number of hydrogen-bond acceptors (Lipinski definition) is 2. The van der Waals surface area contributed by atoms with Crippen LogP contribution in [0.2, 0.25) is 0 Å². The molecule has 15 heavy (non-hydrogen) atoms. The van der Waals surface area contributed by atoms with Gasteiger partial charge in [0.05, 0.1) is 5.69 Å². The minimum atomic E-state index is -0.0536. The highest BCUT2D eigenvalue weighted by atomic mass is 79.9. The van der Waals surface area contributed by atoms with E-state index in [0.29, 0.717) is 13.0 Å². The van der Waals surface area contributed by atoms with Crippen LogP contribution in [0.3, 0.4) is 0 Å². The lowest BCUT2D eigenvalue weighted by Gasteiger charge is -2.11. The third-order valence-corrected chi connectivity index (χ3v) is 2.87. The normalized spacial score (nSPS) is 12.2. The van der Waals surface area contributed by atoms with E-state index in [1.807, 2.05) is 31.2 Å². The molecule has 1 atom stereocenters. The largest absolute Gasteiger partial charge is 0.330 e. The van der Waals surface area contributed by atoms with Gasteiger partial charge >= 0.3 is 0 Å². The Labute approximate surface area is 98.2 Å². The second-order valence-electron chi connectivity index (χ2n) is 3.45. The lowest BCUT2D eigenvalue weighted by Crippen LogP contribution is -2.22. The first-order valence-electron chi connectivity index (χ1n) is 4.90. The smallest absolute Gasteiger partial charge is 0.227 e. The maximum Gasteiger partial charge on any atom is 0.227 e. The first-order valence-corrected chi connectivity index (χ1v) is 5.70. The summed E-state index contributed by atoms with van der Waals surface area (Å²) in [5, 5.41) is 2.85. The molecule has 4 heteroatoms. The van der Waals surface area contributed by atoms with E-state index >= 15 is 0 Å². The first-order chi connectivity index (χ1) is 7.15. The van der Waals surface area contributed by atoms with Crippen molar-refractivity contribution in [3.8, 4) is 0 Å². The van der Waals surface area contributed by atoms with Crippen LogP contribution in [0.5, 0.6) is 0 Å². The molecule has 1 unspecified atom stereocenters. The van der Waals surface area contributed by atoms with E-state index in [4.69, 9.17) is 5.73 Å². The highest BCUT2D eigenvalue weighted by molar-refractivity contribution is 9.10. The monoisotopic (exact) mass is 270 g/mol. The van der Waals surface area contributed by atoms with Crippen molar-refractivity contribution in [3.63, 3.8) is 0 Å². The third-order valence-electron chi connectivity index (χ3n) is 2.18. The topological polar surface area (TPSA) is 55.1 Å². The Morgan fingerprint density at radius 2 is 2.20 bits per heavy atom. The van der Waals surface area contributed by atoms with E-state index in [-0.39, 0.29) is 11.8 Å². The second-order valence-corrected chi connectivity index (χ2v) is 4.30. The predicted octanol–water partition coefficient (Wildman–Crippen LogP) is 2.37. The Balaban J connectivity index is 2.62. The molecule has 1 amide bonds. The highest BCUT2D eigenvalue weighted by Gasteiger charge is 2.12. The van der Waals surface area contributed by atoms with Crippen molar-refractivity contribution in [2.75, 3.05) is 11.9 Å². The highest BCUT2D eigenvalue weighted by Crippen LogP contribution is 2.21. The summed E-state index contributed by atoms with van der Waals surface area (Å²) in [6.45, 7) is 2.41. The summed E-state index contributed by atoms with van der Waals surface area (Å²) in [7, 11) is 0. The molecule has 0 bridgehead atoms. The third kappa shape index (κ3) is 3.64. The van der Waals surface area contributed by atoms with Gasteiger partial charge in [0, 0.05) is 10.4 Å². The van der Waals surface area contributed by atoms with Gasteiger partial charge in [0.15, 0.2) is 0 Å². The van der Waals surface area contributed by atoms with E-state index in [1.165, 1.54) is 0 Å². The van der Waals surface area contributed by atoms with Crippen LogP contribution in [0, 0.1) is 5.92 Å². The fourth-order valence-corrected chi connectivity index (χ4v) is 1.58. The zero-order valence-corrected chi connectivity index (χ0v) is 10.3. The Morgan fingerprint density at radius 3 is 2.80 bits per heavy atom. The van der Waals surface area contributed by atoms with Gasteiger partial charge in [0.2, 0.25) is 5.91 Å². The summed E-state index contributed by atoms with van der Waals surface area (Å²) in [5.41, 5.74) is 6.20. The maximum absolute atomic E-state index is 11.7. The number of hydrogen-bond donors (Lipinski definition) is 2. The number of para-hydroxylation sites is 1. The fourth-order valence-electron chi connectivity index (χ4n) is 1.20. The van der Waals surface area contributed by atoms with Crippen molar-refractivity contribution in [2.24, 2.45) is 11.7 Å². The predicted molar refractivity (Wildman–Crippen MR) is 65.6 cm³/mol. The Kier molecular flexibility index (Phi) is 4.78. The molecule has 0 aliphatic heterocycles. The first kappa shape index (κ1) is 12.2. The van der Waals surface area contributed by atoms with Gasteiger partial charge in [0.1, 0.15) is 0 Å². The average Bonchev–Trinajstić information content (AvgIpc) is 2.21. The fraction of sp³-hybridized carbons (Fsp3) is 0.364. The van der Waals surface area contributed by atoms with Crippen LogP contribution >= 0.6 is 15.9 Å². The molecule has 0 aliphatic carbocycles. The van der Waals surface area contributed by atoms with Gasteiger partial charge in [-0.05, 0) is 41.0 Å². The molecule has 0 aliphatic rings. The number of nitrogens with two attached hydrogens (primary N) is 1. The molecular formula is C11H15BrN2O. The number of benzene rings is 1. The van der Waals surface area contributed by atoms with Gasteiger partial charge in [-0.2, -0.15) is 0 Å². The zero-order chi connectivity index (χ0) is 11.3. The van der Waals surface area contributed by atoms with Crippen LogP contribution in [0.25, 0.3) is 0 Å². The van der Waals surface area contributed by atoms with Gasteiger partial charge in [-0.1, -0.05) is 19.1 Å². The SMILES string of the molecule is CC(CCN)C(=O)Nc1ccccc1Br. The summed E-state index contributed by atoms with van der Waals surface area (Å²) < 4.78 is 0.887. The van der Waals surface area contributed by atoms with Gasteiger partial charge in [-0.15, -0.1) is 0 Å². The van der Waals surface area contributed by atoms with Gasteiger partial charge in [0.25, 0.3) is 0 Å². The van der Waals surface area contributed by atoms with Gasteiger partial charge < -0.3 is 11.1 Å². The molecule has 1 aromatic carbocycles. The lowest BCUT2D eigenvalue weighted by atomic mass is 10.1. The van der Waals surface area contributed by atoms with Gasteiger partial charge in [-0.3, -0.25) is 4.79 Å². The van der Waals surface area contributed by atoms with E-state index in [9.17, 15) is 4.79 Å². The van der Waals surface area contributed by atoms with Crippen molar-refractivity contribution in [2.45, 2.75) is 13.3 Å². The summed E-state index contributed by atoms with van der Waals surface area (Å²) >= 11 is 3.37. The van der Waals surface area contributed by atoms with Crippen molar-refractivity contribution in [3.05, 3.63) is 28.7 Å². The molecule has 0 saturated carbocycles. The molecule has 82 valence electrons. The number of nitrogens with one attached hydrogen (secondary N) is 1. The summed E-state index contributed by atoms with van der Waals surface area (Å²) in [6, 6.07) is 7.54. The average molecular weight is 271 g/mol. The van der Waals surface area contributed by atoms with Crippen molar-refractivity contribution in [1.29, 1.82) is 0 Å².